The fourth-order valence-electron chi connectivity index (χ4n) is 1.86. The SMILES string of the molecule is CCc1ccc(S(C)(=O)=O)cc1C(=O)N(C)CCC(=O)O. The second kappa shape index (κ2) is 6.71. The van der Waals surface area contributed by atoms with Crippen molar-refractivity contribution in [3.63, 3.8) is 0 Å². The third-order valence-electron chi connectivity index (χ3n) is 3.13. The zero-order valence-electron chi connectivity index (χ0n) is 12.3. The molecule has 116 valence electrons. The Morgan fingerprint density at radius 2 is 1.90 bits per heavy atom. The molecule has 0 bridgehead atoms. The van der Waals surface area contributed by atoms with Crippen molar-refractivity contribution in [3.8, 4) is 0 Å². The van der Waals surface area contributed by atoms with E-state index in [4.69, 9.17) is 5.11 Å². The van der Waals surface area contributed by atoms with Gasteiger partial charge in [0.1, 0.15) is 0 Å². The second-order valence-electron chi connectivity index (χ2n) is 4.82. The van der Waals surface area contributed by atoms with E-state index in [9.17, 15) is 18.0 Å². The summed E-state index contributed by atoms with van der Waals surface area (Å²) in [6, 6.07) is 4.45. The monoisotopic (exact) mass is 313 g/mol. The summed E-state index contributed by atoms with van der Waals surface area (Å²) in [6.45, 7) is 1.93. The Labute approximate surface area is 124 Å². The molecule has 1 amide bonds. The van der Waals surface area contributed by atoms with Gasteiger partial charge in [0.25, 0.3) is 5.91 Å². The Balaban J connectivity index is 3.14. The molecule has 0 spiro atoms. The van der Waals surface area contributed by atoms with Crippen LogP contribution in [0.3, 0.4) is 0 Å². The van der Waals surface area contributed by atoms with Gasteiger partial charge in [-0.2, -0.15) is 0 Å². The van der Waals surface area contributed by atoms with Crippen molar-refractivity contribution in [1.29, 1.82) is 0 Å². The molecule has 1 aromatic rings. The first-order chi connectivity index (χ1) is 9.66. The van der Waals surface area contributed by atoms with Gasteiger partial charge in [-0.1, -0.05) is 13.0 Å². The number of aryl methyl sites for hydroxylation is 1. The number of nitrogens with zero attached hydrogens (tertiary/aromatic N) is 1. The van der Waals surface area contributed by atoms with E-state index < -0.39 is 15.8 Å². The van der Waals surface area contributed by atoms with E-state index in [-0.39, 0.29) is 23.8 Å². The molecule has 1 N–H and O–H groups in total. The molecule has 0 radical (unpaired) electrons. The van der Waals surface area contributed by atoms with Crippen LogP contribution in [-0.4, -0.2) is 50.1 Å². The minimum atomic E-state index is -3.40. The van der Waals surface area contributed by atoms with E-state index in [0.717, 1.165) is 11.8 Å². The normalized spacial score (nSPS) is 11.2. The van der Waals surface area contributed by atoms with Gasteiger partial charge in [-0.15, -0.1) is 0 Å². The molecule has 0 aliphatic heterocycles. The number of sulfone groups is 1. The summed E-state index contributed by atoms with van der Waals surface area (Å²) in [6.07, 6.45) is 1.50. The van der Waals surface area contributed by atoms with Crippen molar-refractivity contribution < 1.29 is 23.1 Å². The minimum Gasteiger partial charge on any atom is -0.481 e. The van der Waals surface area contributed by atoms with Gasteiger partial charge in [-0.3, -0.25) is 9.59 Å². The number of carboxylic acids is 1. The zero-order valence-corrected chi connectivity index (χ0v) is 13.1. The van der Waals surface area contributed by atoms with E-state index in [1.807, 2.05) is 6.92 Å². The van der Waals surface area contributed by atoms with Crippen LogP contribution in [0, 0.1) is 0 Å². The quantitative estimate of drug-likeness (QED) is 0.852. The highest BCUT2D eigenvalue weighted by atomic mass is 32.2. The van der Waals surface area contributed by atoms with Gasteiger partial charge in [0.15, 0.2) is 9.84 Å². The molecule has 0 aliphatic rings. The second-order valence-corrected chi connectivity index (χ2v) is 6.83. The van der Waals surface area contributed by atoms with E-state index in [2.05, 4.69) is 0 Å². The van der Waals surface area contributed by atoms with E-state index in [1.165, 1.54) is 24.1 Å². The molecule has 0 aromatic heterocycles. The van der Waals surface area contributed by atoms with Crippen molar-refractivity contribution in [3.05, 3.63) is 29.3 Å². The summed E-state index contributed by atoms with van der Waals surface area (Å²) >= 11 is 0. The summed E-state index contributed by atoms with van der Waals surface area (Å²) in [4.78, 5) is 24.3. The number of aliphatic carboxylic acids is 1. The van der Waals surface area contributed by atoms with Crippen molar-refractivity contribution in [2.45, 2.75) is 24.7 Å². The van der Waals surface area contributed by atoms with Gasteiger partial charge >= 0.3 is 5.97 Å². The third-order valence-corrected chi connectivity index (χ3v) is 4.24. The van der Waals surface area contributed by atoms with Crippen molar-refractivity contribution >= 4 is 21.7 Å². The molecular weight excluding hydrogens is 294 g/mol. The van der Waals surface area contributed by atoms with Gasteiger partial charge in [-0.25, -0.2) is 8.42 Å². The predicted molar refractivity (Wildman–Crippen MR) is 78.1 cm³/mol. The number of hydrogen-bond acceptors (Lipinski definition) is 4. The van der Waals surface area contributed by atoms with Gasteiger partial charge in [0.05, 0.1) is 11.3 Å². The summed E-state index contributed by atoms with van der Waals surface area (Å²) in [5.41, 5.74) is 1.03. The number of rotatable bonds is 6. The van der Waals surface area contributed by atoms with Gasteiger partial charge in [0, 0.05) is 25.4 Å². The molecule has 0 saturated heterocycles. The first-order valence-electron chi connectivity index (χ1n) is 6.47. The van der Waals surface area contributed by atoms with E-state index >= 15 is 0 Å². The summed E-state index contributed by atoms with van der Waals surface area (Å²) in [5, 5.41) is 8.65. The molecule has 21 heavy (non-hydrogen) atoms. The number of amides is 1. The Kier molecular flexibility index (Phi) is 5.48. The van der Waals surface area contributed by atoms with Crippen LogP contribution in [0.1, 0.15) is 29.3 Å². The first kappa shape index (κ1) is 17.2. The zero-order chi connectivity index (χ0) is 16.2. The standard InChI is InChI=1S/C14H19NO5S/c1-4-10-5-6-11(21(3,19)20)9-12(10)14(18)15(2)8-7-13(16)17/h5-6,9H,4,7-8H2,1-3H3,(H,16,17). The topological polar surface area (TPSA) is 91.8 Å². The van der Waals surface area contributed by atoms with Crippen molar-refractivity contribution in [2.24, 2.45) is 0 Å². The number of carbonyl (C=O) groups is 2. The molecule has 1 rings (SSSR count). The van der Waals surface area contributed by atoms with Crippen LogP contribution < -0.4 is 0 Å². The molecular formula is C14H19NO5S. The number of carboxylic acid groups (broad SMARTS) is 1. The van der Waals surface area contributed by atoms with Gasteiger partial charge < -0.3 is 10.0 Å². The Bertz CT molecular complexity index is 651. The van der Waals surface area contributed by atoms with Crippen LogP contribution in [0.5, 0.6) is 0 Å². The number of benzene rings is 1. The molecule has 0 aliphatic carbocycles. The van der Waals surface area contributed by atoms with Crippen LogP contribution in [0.25, 0.3) is 0 Å². The Morgan fingerprint density at radius 1 is 1.29 bits per heavy atom. The van der Waals surface area contributed by atoms with E-state index in [1.54, 1.807) is 6.07 Å². The average Bonchev–Trinajstić information content (AvgIpc) is 2.42. The maximum Gasteiger partial charge on any atom is 0.305 e. The lowest BCUT2D eigenvalue weighted by Crippen LogP contribution is -2.30. The number of hydrogen-bond donors (Lipinski definition) is 1. The van der Waals surface area contributed by atoms with Crippen LogP contribution >= 0.6 is 0 Å². The third kappa shape index (κ3) is 4.56. The predicted octanol–water partition coefficient (Wildman–Crippen LogP) is 1.20. The summed E-state index contributed by atoms with van der Waals surface area (Å²) in [7, 11) is -1.90. The highest BCUT2D eigenvalue weighted by Crippen LogP contribution is 2.18. The minimum absolute atomic E-state index is 0.0699. The molecule has 6 nitrogen and oxygen atoms in total. The molecule has 0 atom stereocenters. The summed E-state index contributed by atoms with van der Waals surface area (Å²) in [5.74, 6) is -1.37. The van der Waals surface area contributed by atoms with Gasteiger partial charge in [0.2, 0.25) is 0 Å². The van der Waals surface area contributed by atoms with Crippen LogP contribution in [-0.2, 0) is 21.1 Å². The highest BCUT2D eigenvalue weighted by molar-refractivity contribution is 7.90. The fourth-order valence-corrected chi connectivity index (χ4v) is 2.51. The molecule has 0 heterocycles. The molecule has 0 unspecified atom stereocenters. The molecule has 0 saturated carbocycles. The fraction of sp³-hybridized carbons (Fsp3) is 0.429. The van der Waals surface area contributed by atoms with Gasteiger partial charge in [-0.05, 0) is 24.1 Å². The Morgan fingerprint density at radius 3 is 2.38 bits per heavy atom. The maximum atomic E-state index is 12.4. The van der Waals surface area contributed by atoms with Crippen LogP contribution in [0.4, 0.5) is 0 Å². The molecule has 7 heteroatoms. The maximum absolute atomic E-state index is 12.4. The van der Waals surface area contributed by atoms with Crippen molar-refractivity contribution in [1.82, 2.24) is 4.90 Å². The lowest BCUT2D eigenvalue weighted by molar-refractivity contribution is -0.137. The Hall–Kier alpha value is -1.89. The largest absolute Gasteiger partial charge is 0.481 e. The van der Waals surface area contributed by atoms with E-state index in [0.29, 0.717) is 12.0 Å². The summed E-state index contributed by atoms with van der Waals surface area (Å²) < 4.78 is 23.2. The lowest BCUT2D eigenvalue weighted by Gasteiger charge is -2.18. The average molecular weight is 313 g/mol. The first-order valence-corrected chi connectivity index (χ1v) is 8.36. The lowest BCUT2D eigenvalue weighted by atomic mass is 10.0. The molecule has 0 fully saturated rings. The van der Waals surface area contributed by atoms with Crippen LogP contribution in [0.15, 0.2) is 23.1 Å². The molecule has 1 aromatic carbocycles. The van der Waals surface area contributed by atoms with Crippen molar-refractivity contribution in [2.75, 3.05) is 19.8 Å². The van der Waals surface area contributed by atoms with Crippen LogP contribution in [0.2, 0.25) is 0 Å². The highest BCUT2D eigenvalue weighted by Gasteiger charge is 2.18. The number of carbonyl (C=O) groups excluding carboxylic acids is 1. The smallest absolute Gasteiger partial charge is 0.305 e.